The van der Waals surface area contributed by atoms with E-state index < -0.39 is 0 Å². The Bertz CT molecular complexity index is 235. The molecular weight excluding hydrogens is 174 g/mol. The van der Waals surface area contributed by atoms with Crippen LogP contribution in [-0.4, -0.2) is 33.7 Å². The molecule has 2 heteroatoms. The Morgan fingerprint density at radius 2 is 1.71 bits per heavy atom. The van der Waals surface area contributed by atoms with Gasteiger partial charge in [0.1, 0.15) is 0 Å². The molecule has 4 rings (SSSR count). The molecule has 4 fully saturated rings. The number of nitrogens with zero attached hydrogens (tertiary/aromatic N) is 1. The topological polar surface area (TPSA) is 23.5 Å². The van der Waals surface area contributed by atoms with Gasteiger partial charge in [-0.05, 0) is 51.9 Å². The van der Waals surface area contributed by atoms with Crippen LogP contribution in [0.1, 0.15) is 46.0 Å². The van der Waals surface area contributed by atoms with E-state index in [1.807, 2.05) is 0 Å². The zero-order valence-electron chi connectivity index (χ0n) is 9.24. The van der Waals surface area contributed by atoms with E-state index in [0.717, 1.165) is 25.2 Å². The van der Waals surface area contributed by atoms with E-state index in [4.69, 9.17) is 0 Å². The van der Waals surface area contributed by atoms with Crippen molar-refractivity contribution >= 4 is 0 Å². The molecule has 0 aromatic heterocycles. The average molecular weight is 195 g/mol. The second-order valence-corrected chi connectivity index (χ2v) is 6.02. The molecule has 0 aromatic carbocycles. The molecule has 2 saturated heterocycles. The molecular formula is C12H21NO. The third kappa shape index (κ3) is 1.17. The van der Waals surface area contributed by atoms with Gasteiger partial charge in [0.05, 0.1) is 5.60 Å². The van der Waals surface area contributed by atoms with Crippen LogP contribution in [0, 0.1) is 5.92 Å². The summed E-state index contributed by atoms with van der Waals surface area (Å²) >= 11 is 0. The van der Waals surface area contributed by atoms with Crippen LogP contribution in [0.2, 0.25) is 0 Å². The largest absolute Gasteiger partial charge is 0.390 e. The quantitative estimate of drug-likeness (QED) is 0.689. The summed E-state index contributed by atoms with van der Waals surface area (Å²) in [6.45, 7) is 4.60. The molecule has 0 aromatic rings. The maximum atomic E-state index is 10.4. The van der Waals surface area contributed by atoms with Crippen LogP contribution in [0.5, 0.6) is 0 Å². The Hall–Kier alpha value is -0.0800. The third-order valence-corrected chi connectivity index (χ3v) is 4.55. The molecule has 14 heavy (non-hydrogen) atoms. The second-order valence-electron chi connectivity index (χ2n) is 6.02. The summed E-state index contributed by atoms with van der Waals surface area (Å²) in [4.78, 5) is 2.67. The first-order chi connectivity index (χ1) is 6.57. The van der Waals surface area contributed by atoms with Crippen molar-refractivity contribution in [2.24, 2.45) is 5.92 Å². The van der Waals surface area contributed by atoms with Gasteiger partial charge < -0.3 is 5.11 Å². The molecule has 1 N–H and O–H groups in total. The van der Waals surface area contributed by atoms with Gasteiger partial charge in [0.25, 0.3) is 0 Å². The molecule has 2 atom stereocenters. The maximum Gasteiger partial charge on any atom is 0.0680 e. The van der Waals surface area contributed by atoms with Crippen molar-refractivity contribution in [1.82, 2.24) is 4.90 Å². The van der Waals surface area contributed by atoms with Crippen molar-refractivity contribution in [3.8, 4) is 0 Å². The fraction of sp³-hybridized carbons (Fsp3) is 1.00. The van der Waals surface area contributed by atoms with E-state index >= 15 is 0 Å². The Balaban J connectivity index is 1.89. The van der Waals surface area contributed by atoms with E-state index in [1.165, 1.54) is 12.8 Å². The van der Waals surface area contributed by atoms with Crippen molar-refractivity contribution in [2.75, 3.05) is 0 Å². The lowest BCUT2D eigenvalue weighted by atomic mass is 9.61. The lowest BCUT2D eigenvalue weighted by Gasteiger charge is -2.61. The number of rotatable bonds is 1. The van der Waals surface area contributed by atoms with Gasteiger partial charge >= 0.3 is 0 Å². The molecule has 0 amide bonds. The van der Waals surface area contributed by atoms with Crippen molar-refractivity contribution in [2.45, 2.75) is 69.7 Å². The van der Waals surface area contributed by atoms with E-state index in [9.17, 15) is 5.11 Å². The highest BCUT2D eigenvalue weighted by atomic mass is 16.3. The molecule has 2 saturated carbocycles. The highest BCUT2D eigenvalue weighted by molar-refractivity contribution is 5.08. The van der Waals surface area contributed by atoms with Crippen molar-refractivity contribution in [1.29, 1.82) is 0 Å². The SMILES string of the molecule is CC(C)N1C2CC3CC1CC(O)(C3)C2. The number of hydrogen-bond acceptors (Lipinski definition) is 2. The molecule has 80 valence electrons. The number of hydrogen-bond donors (Lipinski definition) is 1. The molecule has 2 nitrogen and oxygen atoms in total. The Kier molecular flexibility index (Phi) is 1.79. The fourth-order valence-corrected chi connectivity index (χ4v) is 4.46. The molecule has 0 radical (unpaired) electrons. The van der Waals surface area contributed by atoms with Gasteiger partial charge in [-0.1, -0.05) is 0 Å². The first-order valence-electron chi connectivity index (χ1n) is 6.07. The molecule has 2 aliphatic carbocycles. The maximum absolute atomic E-state index is 10.4. The molecule has 4 aliphatic rings. The fourth-order valence-electron chi connectivity index (χ4n) is 4.46. The van der Waals surface area contributed by atoms with Crippen molar-refractivity contribution in [3.63, 3.8) is 0 Å². The van der Waals surface area contributed by atoms with Gasteiger partial charge in [0.15, 0.2) is 0 Å². The van der Waals surface area contributed by atoms with E-state index in [2.05, 4.69) is 18.7 Å². The van der Waals surface area contributed by atoms with Gasteiger partial charge in [0, 0.05) is 18.1 Å². The Morgan fingerprint density at radius 1 is 1.14 bits per heavy atom. The van der Waals surface area contributed by atoms with Crippen LogP contribution in [0.3, 0.4) is 0 Å². The minimum atomic E-state index is -0.276. The van der Waals surface area contributed by atoms with E-state index in [-0.39, 0.29) is 5.60 Å². The summed E-state index contributed by atoms with van der Waals surface area (Å²) in [5.41, 5.74) is -0.276. The summed E-state index contributed by atoms with van der Waals surface area (Å²) in [6, 6.07) is 2.03. The normalized spacial score (nSPS) is 51.9. The van der Waals surface area contributed by atoms with Gasteiger partial charge in [-0.25, -0.2) is 0 Å². The highest BCUT2D eigenvalue weighted by Gasteiger charge is 2.54. The predicted molar refractivity (Wildman–Crippen MR) is 56.1 cm³/mol. The first-order valence-corrected chi connectivity index (χ1v) is 6.07. The molecule has 2 aliphatic heterocycles. The van der Waals surface area contributed by atoms with Gasteiger partial charge in [0.2, 0.25) is 0 Å². The Labute approximate surface area is 86.3 Å². The van der Waals surface area contributed by atoms with Gasteiger partial charge in [-0.2, -0.15) is 0 Å². The summed E-state index contributed by atoms with van der Waals surface area (Å²) in [5.74, 6) is 0.826. The Morgan fingerprint density at radius 3 is 2.14 bits per heavy atom. The third-order valence-electron chi connectivity index (χ3n) is 4.55. The van der Waals surface area contributed by atoms with Crippen LogP contribution >= 0.6 is 0 Å². The number of aliphatic hydroxyl groups is 1. The molecule has 2 unspecified atom stereocenters. The van der Waals surface area contributed by atoms with Gasteiger partial charge in [-0.15, -0.1) is 0 Å². The highest BCUT2D eigenvalue weighted by Crippen LogP contribution is 2.51. The molecule has 4 bridgehead atoms. The molecule has 0 spiro atoms. The lowest BCUT2D eigenvalue weighted by molar-refractivity contribution is -0.165. The predicted octanol–water partition coefficient (Wildman–Crippen LogP) is 1.77. The summed E-state index contributed by atoms with van der Waals surface area (Å²) in [6.07, 6.45) is 5.86. The van der Waals surface area contributed by atoms with E-state index in [0.29, 0.717) is 18.1 Å². The summed E-state index contributed by atoms with van der Waals surface area (Å²) in [5, 5.41) is 10.4. The molecule has 2 heterocycles. The van der Waals surface area contributed by atoms with Crippen molar-refractivity contribution in [3.05, 3.63) is 0 Å². The zero-order chi connectivity index (χ0) is 9.92. The van der Waals surface area contributed by atoms with E-state index in [1.54, 1.807) is 0 Å². The smallest absolute Gasteiger partial charge is 0.0680 e. The zero-order valence-corrected chi connectivity index (χ0v) is 9.24. The monoisotopic (exact) mass is 195 g/mol. The van der Waals surface area contributed by atoms with Crippen LogP contribution in [-0.2, 0) is 0 Å². The van der Waals surface area contributed by atoms with Crippen molar-refractivity contribution < 1.29 is 5.11 Å². The minimum absolute atomic E-state index is 0.276. The summed E-state index contributed by atoms with van der Waals surface area (Å²) < 4.78 is 0. The van der Waals surface area contributed by atoms with Crippen LogP contribution in [0.4, 0.5) is 0 Å². The summed E-state index contributed by atoms with van der Waals surface area (Å²) in [7, 11) is 0. The number of piperidine rings is 2. The van der Waals surface area contributed by atoms with Crippen LogP contribution in [0.25, 0.3) is 0 Å². The van der Waals surface area contributed by atoms with Crippen LogP contribution < -0.4 is 0 Å². The van der Waals surface area contributed by atoms with Gasteiger partial charge in [-0.3, -0.25) is 4.90 Å². The first kappa shape index (κ1) is 9.17. The second kappa shape index (κ2) is 2.73. The standard InChI is InChI=1S/C12H21NO/c1-8(2)13-10-3-9-4-11(13)7-12(14,5-9)6-10/h8-11,14H,3-7H2,1-2H3. The lowest BCUT2D eigenvalue weighted by Crippen LogP contribution is -2.65. The minimum Gasteiger partial charge on any atom is -0.390 e. The van der Waals surface area contributed by atoms with Crippen LogP contribution in [0.15, 0.2) is 0 Å². The average Bonchev–Trinajstić information content (AvgIpc) is 1.97.